The first-order chi connectivity index (χ1) is 8.47. The molecule has 100 valence electrons. The van der Waals surface area contributed by atoms with Gasteiger partial charge in [-0.15, -0.1) is 0 Å². The monoisotopic (exact) mass is 249 g/mol. The third-order valence-electron chi connectivity index (χ3n) is 3.27. The molecule has 0 aliphatic rings. The first-order valence-electron chi connectivity index (χ1n) is 6.33. The lowest BCUT2D eigenvalue weighted by molar-refractivity contribution is -0.144. The van der Waals surface area contributed by atoms with E-state index < -0.39 is 0 Å². The van der Waals surface area contributed by atoms with Crippen LogP contribution in [-0.2, 0) is 16.1 Å². The Hall–Kier alpha value is -1.35. The van der Waals surface area contributed by atoms with Crippen LogP contribution in [0.15, 0.2) is 18.2 Å². The quantitative estimate of drug-likeness (QED) is 0.815. The first-order valence-corrected chi connectivity index (χ1v) is 6.33. The molecule has 1 atom stereocenters. The molecule has 0 unspecified atom stereocenters. The van der Waals surface area contributed by atoms with E-state index in [-0.39, 0.29) is 17.9 Å². The summed E-state index contributed by atoms with van der Waals surface area (Å²) < 4.78 is 4.82. The van der Waals surface area contributed by atoms with Crippen LogP contribution in [0.2, 0.25) is 0 Å². The molecule has 0 aliphatic heterocycles. The van der Waals surface area contributed by atoms with Gasteiger partial charge in [-0.3, -0.25) is 4.79 Å². The van der Waals surface area contributed by atoms with Gasteiger partial charge in [0.05, 0.1) is 7.11 Å². The third-order valence-corrected chi connectivity index (χ3v) is 3.27. The fourth-order valence-corrected chi connectivity index (χ4v) is 2.06. The Bertz CT molecular complexity index is 393. The van der Waals surface area contributed by atoms with Gasteiger partial charge in [0.1, 0.15) is 6.04 Å². The van der Waals surface area contributed by atoms with Gasteiger partial charge in [0.2, 0.25) is 0 Å². The number of aryl methyl sites for hydroxylation is 2. The Labute approximate surface area is 110 Å². The number of hydrogen-bond acceptors (Lipinski definition) is 3. The maximum Gasteiger partial charge on any atom is 0.323 e. The highest BCUT2D eigenvalue weighted by Gasteiger charge is 2.22. The third kappa shape index (κ3) is 3.57. The minimum atomic E-state index is -0.256. The molecule has 0 fully saturated rings. The van der Waals surface area contributed by atoms with Gasteiger partial charge in [0.15, 0.2) is 0 Å². The van der Waals surface area contributed by atoms with Crippen LogP contribution in [0.5, 0.6) is 0 Å². The number of rotatable bonds is 5. The molecule has 0 amide bonds. The molecule has 3 heteroatoms. The Balaban J connectivity index is 2.76. The Kier molecular flexibility index (Phi) is 5.35. The second kappa shape index (κ2) is 6.55. The predicted octanol–water partition coefficient (Wildman–Crippen LogP) is 2.59. The molecule has 0 bridgehead atoms. The molecule has 18 heavy (non-hydrogen) atoms. The Morgan fingerprint density at radius 1 is 1.28 bits per heavy atom. The SMILES string of the molecule is COC(=O)[C@@H](NCc1c(C)cccc1C)C(C)C. The van der Waals surface area contributed by atoms with E-state index in [9.17, 15) is 4.79 Å². The topological polar surface area (TPSA) is 38.3 Å². The van der Waals surface area contributed by atoms with Gasteiger partial charge in [-0.1, -0.05) is 32.0 Å². The fraction of sp³-hybridized carbons (Fsp3) is 0.533. The average molecular weight is 249 g/mol. The fourth-order valence-electron chi connectivity index (χ4n) is 2.06. The van der Waals surface area contributed by atoms with Crippen molar-refractivity contribution in [3.8, 4) is 0 Å². The smallest absolute Gasteiger partial charge is 0.323 e. The molecular weight excluding hydrogens is 226 g/mol. The van der Waals surface area contributed by atoms with Crippen molar-refractivity contribution >= 4 is 5.97 Å². The number of benzene rings is 1. The molecule has 1 aromatic carbocycles. The molecule has 1 N–H and O–H groups in total. The number of ether oxygens (including phenoxy) is 1. The van der Waals surface area contributed by atoms with Crippen LogP contribution in [-0.4, -0.2) is 19.1 Å². The second-order valence-electron chi connectivity index (χ2n) is 5.00. The minimum Gasteiger partial charge on any atom is -0.468 e. The van der Waals surface area contributed by atoms with E-state index in [4.69, 9.17) is 4.74 Å². The van der Waals surface area contributed by atoms with Crippen molar-refractivity contribution in [1.29, 1.82) is 0 Å². The summed E-state index contributed by atoms with van der Waals surface area (Å²) in [4.78, 5) is 11.7. The maximum absolute atomic E-state index is 11.7. The summed E-state index contributed by atoms with van der Waals surface area (Å²) in [5.41, 5.74) is 3.75. The van der Waals surface area contributed by atoms with Gasteiger partial charge in [-0.2, -0.15) is 0 Å². The number of methoxy groups -OCH3 is 1. The molecule has 0 aromatic heterocycles. The molecule has 1 aromatic rings. The Morgan fingerprint density at radius 3 is 2.28 bits per heavy atom. The van der Waals surface area contributed by atoms with Gasteiger partial charge in [0, 0.05) is 6.54 Å². The number of carbonyl (C=O) groups is 1. The summed E-state index contributed by atoms with van der Waals surface area (Å²) >= 11 is 0. The summed E-state index contributed by atoms with van der Waals surface area (Å²) in [7, 11) is 1.43. The normalized spacial score (nSPS) is 12.6. The van der Waals surface area contributed by atoms with E-state index in [1.807, 2.05) is 13.8 Å². The minimum absolute atomic E-state index is 0.198. The lowest BCUT2D eigenvalue weighted by Gasteiger charge is -2.21. The first kappa shape index (κ1) is 14.7. The highest BCUT2D eigenvalue weighted by Crippen LogP contribution is 2.14. The van der Waals surface area contributed by atoms with Crippen LogP contribution in [0.3, 0.4) is 0 Å². The number of esters is 1. The summed E-state index contributed by atoms with van der Waals surface area (Å²) in [5, 5.41) is 3.29. The van der Waals surface area contributed by atoms with E-state index in [1.54, 1.807) is 0 Å². The van der Waals surface area contributed by atoms with Gasteiger partial charge < -0.3 is 10.1 Å². The lowest BCUT2D eigenvalue weighted by Crippen LogP contribution is -2.41. The van der Waals surface area contributed by atoms with Gasteiger partial charge >= 0.3 is 5.97 Å². The standard InChI is InChI=1S/C15H23NO2/c1-10(2)14(15(17)18-5)16-9-13-11(3)7-6-8-12(13)4/h6-8,10,14,16H,9H2,1-5H3/t14-/m0/s1. The van der Waals surface area contributed by atoms with Crippen LogP contribution in [0.4, 0.5) is 0 Å². The van der Waals surface area contributed by atoms with Crippen molar-refractivity contribution in [3.05, 3.63) is 34.9 Å². The van der Waals surface area contributed by atoms with Gasteiger partial charge in [0.25, 0.3) is 0 Å². The van der Waals surface area contributed by atoms with E-state index in [1.165, 1.54) is 23.8 Å². The highest BCUT2D eigenvalue weighted by molar-refractivity contribution is 5.75. The highest BCUT2D eigenvalue weighted by atomic mass is 16.5. The van der Waals surface area contributed by atoms with E-state index in [0.29, 0.717) is 6.54 Å². The predicted molar refractivity (Wildman–Crippen MR) is 73.4 cm³/mol. The summed E-state index contributed by atoms with van der Waals surface area (Å²) in [6, 6.07) is 5.97. The van der Waals surface area contributed by atoms with Gasteiger partial charge in [-0.25, -0.2) is 0 Å². The molecule has 0 spiro atoms. The molecule has 3 nitrogen and oxygen atoms in total. The average Bonchev–Trinajstić information content (AvgIpc) is 2.31. The van der Waals surface area contributed by atoms with Crippen molar-refractivity contribution < 1.29 is 9.53 Å². The van der Waals surface area contributed by atoms with E-state index in [2.05, 4.69) is 37.4 Å². The molecule has 0 aliphatic carbocycles. The van der Waals surface area contributed by atoms with Crippen molar-refractivity contribution in [1.82, 2.24) is 5.32 Å². The molecule has 0 heterocycles. The van der Waals surface area contributed by atoms with E-state index in [0.717, 1.165) is 0 Å². The second-order valence-corrected chi connectivity index (χ2v) is 5.00. The van der Waals surface area contributed by atoms with Crippen LogP contribution >= 0.6 is 0 Å². The molecule has 0 saturated carbocycles. The number of carbonyl (C=O) groups excluding carboxylic acids is 1. The molecule has 0 saturated heterocycles. The van der Waals surface area contributed by atoms with Crippen LogP contribution in [0.25, 0.3) is 0 Å². The zero-order chi connectivity index (χ0) is 13.7. The van der Waals surface area contributed by atoms with Gasteiger partial charge in [-0.05, 0) is 36.5 Å². The summed E-state index contributed by atoms with van der Waals surface area (Å²) in [5.74, 6) is 0.0120. The summed E-state index contributed by atoms with van der Waals surface area (Å²) in [6.45, 7) is 8.90. The van der Waals surface area contributed by atoms with Crippen molar-refractivity contribution in [2.75, 3.05) is 7.11 Å². The number of hydrogen-bond donors (Lipinski definition) is 1. The summed E-state index contributed by atoms with van der Waals surface area (Å²) in [6.07, 6.45) is 0. The zero-order valence-corrected chi connectivity index (χ0v) is 11.9. The maximum atomic E-state index is 11.7. The number of nitrogens with one attached hydrogen (secondary N) is 1. The van der Waals surface area contributed by atoms with Crippen LogP contribution in [0, 0.1) is 19.8 Å². The molecule has 1 rings (SSSR count). The largest absolute Gasteiger partial charge is 0.468 e. The van der Waals surface area contributed by atoms with Crippen LogP contribution < -0.4 is 5.32 Å². The zero-order valence-electron chi connectivity index (χ0n) is 11.9. The Morgan fingerprint density at radius 2 is 1.83 bits per heavy atom. The van der Waals surface area contributed by atoms with Crippen molar-refractivity contribution in [3.63, 3.8) is 0 Å². The molecular formula is C15H23NO2. The van der Waals surface area contributed by atoms with Crippen molar-refractivity contribution in [2.45, 2.75) is 40.3 Å². The van der Waals surface area contributed by atoms with Crippen LogP contribution in [0.1, 0.15) is 30.5 Å². The lowest BCUT2D eigenvalue weighted by atomic mass is 10.0. The van der Waals surface area contributed by atoms with E-state index >= 15 is 0 Å². The molecule has 0 radical (unpaired) electrons. The van der Waals surface area contributed by atoms with Crippen molar-refractivity contribution in [2.24, 2.45) is 5.92 Å².